The molecule has 0 aliphatic carbocycles. The summed E-state index contributed by atoms with van der Waals surface area (Å²) in [6.45, 7) is 3.00. The highest BCUT2D eigenvalue weighted by atomic mass is 16.3. The normalized spacial score (nSPS) is 21.9. The molecule has 0 bridgehead atoms. The molecule has 1 atom stereocenters. The SMILES string of the molecule is O=C1CCCN1Cc1ccc(C(=O)N2CCCCC(CO)C2)cc1. The van der Waals surface area contributed by atoms with E-state index in [0.717, 1.165) is 44.3 Å². The summed E-state index contributed by atoms with van der Waals surface area (Å²) in [5, 5.41) is 9.41. The topological polar surface area (TPSA) is 60.9 Å². The van der Waals surface area contributed by atoms with E-state index in [1.54, 1.807) is 0 Å². The molecule has 0 spiro atoms. The molecule has 2 aliphatic heterocycles. The highest BCUT2D eigenvalue weighted by Crippen LogP contribution is 2.19. The molecule has 2 saturated heterocycles. The van der Waals surface area contributed by atoms with Crippen LogP contribution in [0.3, 0.4) is 0 Å². The first kappa shape index (κ1) is 17.0. The number of amides is 2. The minimum Gasteiger partial charge on any atom is -0.396 e. The van der Waals surface area contributed by atoms with Crippen LogP contribution in [-0.2, 0) is 11.3 Å². The van der Waals surface area contributed by atoms with E-state index < -0.39 is 0 Å². The van der Waals surface area contributed by atoms with Gasteiger partial charge in [0.2, 0.25) is 5.91 Å². The fourth-order valence-electron chi connectivity index (χ4n) is 3.59. The van der Waals surface area contributed by atoms with Crippen LogP contribution >= 0.6 is 0 Å². The predicted octanol–water partition coefficient (Wildman–Crippen LogP) is 2.04. The second-order valence-corrected chi connectivity index (χ2v) is 6.91. The summed E-state index contributed by atoms with van der Waals surface area (Å²) in [6, 6.07) is 7.61. The van der Waals surface area contributed by atoms with Gasteiger partial charge in [0.05, 0.1) is 0 Å². The number of aliphatic hydroxyl groups is 1. The standard InChI is InChI=1S/C19H26N2O3/c22-14-16-4-1-2-10-21(13-16)19(24)17-8-6-15(7-9-17)12-20-11-3-5-18(20)23/h6-9,16,22H,1-5,10-14H2. The van der Waals surface area contributed by atoms with Crippen molar-refractivity contribution < 1.29 is 14.7 Å². The van der Waals surface area contributed by atoms with Crippen LogP contribution in [0, 0.1) is 5.92 Å². The van der Waals surface area contributed by atoms with Gasteiger partial charge in [-0.15, -0.1) is 0 Å². The van der Waals surface area contributed by atoms with Gasteiger partial charge in [-0.2, -0.15) is 0 Å². The first-order valence-electron chi connectivity index (χ1n) is 8.94. The van der Waals surface area contributed by atoms with Gasteiger partial charge in [-0.25, -0.2) is 0 Å². The Kier molecular flexibility index (Phi) is 5.51. The molecule has 2 amide bonds. The minimum atomic E-state index is 0.0409. The van der Waals surface area contributed by atoms with Crippen LogP contribution in [-0.4, -0.2) is 53.0 Å². The Hall–Kier alpha value is -1.88. The lowest BCUT2D eigenvalue weighted by atomic mass is 10.0. The molecule has 1 aromatic rings. The zero-order valence-electron chi connectivity index (χ0n) is 14.1. The van der Waals surface area contributed by atoms with Crippen molar-refractivity contribution >= 4 is 11.8 Å². The minimum absolute atomic E-state index is 0.0409. The van der Waals surface area contributed by atoms with E-state index in [1.807, 2.05) is 34.1 Å². The number of carbonyl (C=O) groups excluding carboxylic acids is 2. The number of likely N-dealkylation sites (tertiary alicyclic amines) is 2. The summed E-state index contributed by atoms with van der Waals surface area (Å²) in [4.78, 5) is 28.1. The third kappa shape index (κ3) is 3.96. The van der Waals surface area contributed by atoms with E-state index in [-0.39, 0.29) is 24.3 Å². The van der Waals surface area contributed by atoms with Gasteiger partial charge in [-0.3, -0.25) is 9.59 Å². The molecular formula is C19H26N2O3. The van der Waals surface area contributed by atoms with Crippen LogP contribution in [0.1, 0.15) is 48.0 Å². The largest absolute Gasteiger partial charge is 0.396 e. The zero-order chi connectivity index (χ0) is 16.9. The monoisotopic (exact) mass is 330 g/mol. The molecule has 1 aromatic carbocycles. The summed E-state index contributed by atoms with van der Waals surface area (Å²) < 4.78 is 0. The van der Waals surface area contributed by atoms with E-state index in [4.69, 9.17) is 0 Å². The van der Waals surface area contributed by atoms with Gasteiger partial charge < -0.3 is 14.9 Å². The van der Waals surface area contributed by atoms with Crippen molar-refractivity contribution in [2.75, 3.05) is 26.2 Å². The quantitative estimate of drug-likeness (QED) is 0.919. The fourth-order valence-corrected chi connectivity index (χ4v) is 3.59. The van der Waals surface area contributed by atoms with Crippen LogP contribution in [0.5, 0.6) is 0 Å². The molecule has 5 heteroatoms. The van der Waals surface area contributed by atoms with Crippen molar-refractivity contribution in [2.24, 2.45) is 5.92 Å². The maximum atomic E-state index is 12.7. The molecule has 2 fully saturated rings. The van der Waals surface area contributed by atoms with E-state index in [1.165, 1.54) is 0 Å². The van der Waals surface area contributed by atoms with Gasteiger partial charge in [0.25, 0.3) is 5.91 Å². The summed E-state index contributed by atoms with van der Waals surface area (Å²) in [7, 11) is 0. The fraction of sp³-hybridized carbons (Fsp3) is 0.579. The summed E-state index contributed by atoms with van der Waals surface area (Å²) in [6.07, 6.45) is 4.65. The third-order valence-electron chi connectivity index (χ3n) is 5.06. The lowest BCUT2D eigenvalue weighted by Crippen LogP contribution is -2.35. The Bertz CT molecular complexity index is 585. The molecule has 24 heavy (non-hydrogen) atoms. The first-order valence-corrected chi connectivity index (χ1v) is 8.94. The Morgan fingerprint density at radius 2 is 1.92 bits per heavy atom. The third-order valence-corrected chi connectivity index (χ3v) is 5.06. The second-order valence-electron chi connectivity index (χ2n) is 6.91. The molecule has 0 aromatic heterocycles. The van der Waals surface area contributed by atoms with Crippen LogP contribution in [0.4, 0.5) is 0 Å². The molecule has 1 unspecified atom stereocenters. The van der Waals surface area contributed by atoms with E-state index >= 15 is 0 Å². The molecule has 0 radical (unpaired) electrons. The van der Waals surface area contributed by atoms with Crippen LogP contribution in [0.25, 0.3) is 0 Å². The Labute approximate surface area is 143 Å². The maximum absolute atomic E-state index is 12.7. The lowest BCUT2D eigenvalue weighted by Gasteiger charge is -2.24. The molecular weight excluding hydrogens is 304 g/mol. The van der Waals surface area contributed by atoms with Gasteiger partial charge in [0.1, 0.15) is 0 Å². The van der Waals surface area contributed by atoms with E-state index in [0.29, 0.717) is 25.1 Å². The summed E-state index contributed by atoms with van der Waals surface area (Å²) >= 11 is 0. The first-order chi connectivity index (χ1) is 11.7. The van der Waals surface area contributed by atoms with Crippen LogP contribution < -0.4 is 0 Å². The smallest absolute Gasteiger partial charge is 0.253 e. The predicted molar refractivity (Wildman–Crippen MR) is 91.4 cm³/mol. The van der Waals surface area contributed by atoms with Crippen LogP contribution in [0.2, 0.25) is 0 Å². The van der Waals surface area contributed by atoms with Gasteiger partial charge in [-0.1, -0.05) is 18.6 Å². The van der Waals surface area contributed by atoms with Gasteiger partial charge >= 0.3 is 0 Å². The molecule has 0 saturated carbocycles. The van der Waals surface area contributed by atoms with Crippen molar-refractivity contribution in [2.45, 2.75) is 38.6 Å². The van der Waals surface area contributed by atoms with Gasteiger partial charge in [0.15, 0.2) is 0 Å². The number of rotatable bonds is 4. The lowest BCUT2D eigenvalue weighted by molar-refractivity contribution is -0.128. The molecule has 5 nitrogen and oxygen atoms in total. The highest BCUT2D eigenvalue weighted by Gasteiger charge is 2.23. The average Bonchev–Trinajstić information content (AvgIpc) is 2.87. The van der Waals surface area contributed by atoms with E-state index in [9.17, 15) is 14.7 Å². The van der Waals surface area contributed by atoms with Crippen molar-refractivity contribution in [3.63, 3.8) is 0 Å². The highest BCUT2D eigenvalue weighted by molar-refractivity contribution is 5.94. The Morgan fingerprint density at radius 1 is 1.12 bits per heavy atom. The number of nitrogens with zero attached hydrogens (tertiary/aromatic N) is 2. The number of aliphatic hydroxyl groups excluding tert-OH is 1. The zero-order valence-corrected chi connectivity index (χ0v) is 14.1. The molecule has 2 aliphatic rings. The molecule has 1 N–H and O–H groups in total. The Morgan fingerprint density at radius 3 is 2.58 bits per heavy atom. The Balaban J connectivity index is 1.63. The van der Waals surface area contributed by atoms with Crippen molar-refractivity contribution in [3.05, 3.63) is 35.4 Å². The number of carbonyl (C=O) groups is 2. The van der Waals surface area contributed by atoms with Crippen LogP contribution in [0.15, 0.2) is 24.3 Å². The summed E-state index contributed by atoms with van der Waals surface area (Å²) in [5.74, 6) is 0.450. The number of benzene rings is 1. The van der Waals surface area contributed by atoms with Crippen molar-refractivity contribution in [3.8, 4) is 0 Å². The molecule has 3 rings (SSSR count). The summed E-state index contributed by atoms with van der Waals surface area (Å²) in [5.41, 5.74) is 1.75. The number of hydrogen-bond donors (Lipinski definition) is 1. The number of hydrogen-bond acceptors (Lipinski definition) is 3. The average molecular weight is 330 g/mol. The van der Waals surface area contributed by atoms with Gasteiger partial charge in [0, 0.05) is 44.8 Å². The molecule has 130 valence electrons. The second kappa shape index (κ2) is 7.79. The van der Waals surface area contributed by atoms with Crippen molar-refractivity contribution in [1.82, 2.24) is 9.80 Å². The van der Waals surface area contributed by atoms with Crippen molar-refractivity contribution in [1.29, 1.82) is 0 Å². The molecule has 2 heterocycles. The van der Waals surface area contributed by atoms with E-state index in [2.05, 4.69) is 0 Å². The van der Waals surface area contributed by atoms with Gasteiger partial charge in [-0.05, 0) is 42.9 Å². The maximum Gasteiger partial charge on any atom is 0.253 e.